The molecule has 0 aliphatic carbocycles. The highest BCUT2D eigenvalue weighted by molar-refractivity contribution is 5.87. The van der Waals surface area contributed by atoms with Gasteiger partial charge in [-0.1, -0.05) is 44.4 Å². The molecule has 7 heteroatoms. The SMILES string of the molecule is CCCCCC(OCC)c1[nH]c2ccccc2c1C[C@H](NC(=O)OC(C)(C)C)C(=O)O. The molecule has 1 aromatic heterocycles. The number of ether oxygens (including phenoxy) is 2. The molecule has 1 aromatic carbocycles. The summed E-state index contributed by atoms with van der Waals surface area (Å²) in [5, 5.41) is 13.2. The molecule has 2 aromatic rings. The van der Waals surface area contributed by atoms with E-state index in [9.17, 15) is 14.7 Å². The van der Waals surface area contributed by atoms with Crippen LogP contribution in [0.5, 0.6) is 0 Å². The van der Waals surface area contributed by atoms with Gasteiger partial charge in [-0.3, -0.25) is 0 Å². The fraction of sp³-hybridized carbons (Fsp3) is 0.583. The zero-order valence-electron chi connectivity index (χ0n) is 19.3. The van der Waals surface area contributed by atoms with Crippen molar-refractivity contribution in [3.05, 3.63) is 35.5 Å². The lowest BCUT2D eigenvalue weighted by Crippen LogP contribution is -2.44. The molecular weight excluding hydrogens is 396 g/mol. The third-order valence-corrected chi connectivity index (χ3v) is 5.00. The highest BCUT2D eigenvalue weighted by Gasteiger charge is 2.28. The number of unbranched alkanes of at least 4 members (excludes halogenated alkanes) is 2. The van der Waals surface area contributed by atoms with Gasteiger partial charge in [-0.2, -0.15) is 0 Å². The van der Waals surface area contributed by atoms with Gasteiger partial charge in [-0.25, -0.2) is 9.59 Å². The van der Waals surface area contributed by atoms with E-state index >= 15 is 0 Å². The van der Waals surface area contributed by atoms with E-state index in [4.69, 9.17) is 9.47 Å². The van der Waals surface area contributed by atoms with Crippen LogP contribution >= 0.6 is 0 Å². The standard InChI is InChI=1S/C24H36N2O5/c1-6-8-9-14-20(30-7-2)21-17(16-12-10-11-13-18(16)25-21)15-19(22(27)28)26-23(29)31-24(3,4)5/h10-13,19-20,25H,6-9,14-15H2,1-5H3,(H,26,29)(H,27,28)/t19-,20?/m0/s1. The summed E-state index contributed by atoms with van der Waals surface area (Å²) in [6.45, 7) is 9.89. The predicted octanol–water partition coefficient (Wildman–Crippen LogP) is 5.35. The molecule has 0 radical (unpaired) electrons. The van der Waals surface area contributed by atoms with Gasteiger partial charge in [0.05, 0.1) is 6.10 Å². The monoisotopic (exact) mass is 432 g/mol. The Balaban J connectivity index is 2.37. The molecular formula is C24H36N2O5. The summed E-state index contributed by atoms with van der Waals surface area (Å²) in [5.74, 6) is -1.11. The Hall–Kier alpha value is -2.54. The maximum atomic E-state index is 12.2. The van der Waals surface area contributed by atoms with Gasteiger partial charge >= 0.3 is 12.1 Å². The van der Waals surface area contributed by atoms with Crippen molar-refractivity contribution in [1.29, 1.82) is 0 Å². The first-order valence-corrected chi connectivity index (χ1v) is 11.1. The molecule has 1 heterocycles. The van der Waals surface area contributed by atoms with Gasteiger partial charge in [-0.05, 0) is 45.7 Å². The number of hydrogen-bond acceptors (Lipinski definition) is 4. The van der Waals surface area contributed by atoms with Crippen molar-refractivity contribution in [3.8, 4) is 0 Å². The van der Waals surface area contributed by atoms with Crippen LogP contribution in [0.2, 0.25) is 0 Å². The number of amides is 1. The number of rotatable bonds is 11. The van der Waals surface area contributed by atoms with Crippen molar-refractivity contribution in [2.75, 3.05) is 6.61 Å². The van der Waals surface area contributed by atoms with Crippen molar-refractivity contribution >= 4 is 23.0 Å². The number of aromatic nitrogens is 1. The molecule has 1 unspecified atom stereocenters. The van der Waals surface area contributed by atoms with Crippen molar-refractivity contribution in [3.63, 3.8) is 0 Å². The summed E-state index contributed by atoms with van der Waals surface area (Å²) in [4.78, 5) is 27.7. The second-order valence-corrected chi connectivity index (χ2v) is 8.74. The molecule has 0 saturated carbocycles. The van der Waals surface area contributed by atoms with Gasteiger partial charge in [0.1, 0.15) is 11.6 Å². The van der Waals surface area contributed by atoms with E-state index in [0.717, 1.165) is 47.8 Å². The molecule has 0 aliphatic rings. The van der Waals surface area contributed by atoms with E-state index in [-0.39, 0.29) is 12.5 Å². The number of carboxylic acid groups (broad SMARTS) is 1. The number of fused-ring (bicyclic) bond motifs is 1. The zero-order valence-corrected chi connectivity index (χ0v) is 19.3. The van der Waals surface area contributed by atoms with Crippen molar-refractivity contribution in [1.82, 2.24) is 10.3 Å². The number of H-pyrrole nitrogens is 1. The first-order valence-electron chi connectivity index (χ1n) is 11.1. The number of aliphatic carboxylic acids is 1. The van der Waals surface area contributed by atoms with Gasteiger partial charge in [-0.15, -0.1) is 0 Å². The van der Waals surface area contributed by atoms with Crippen LogP contribution in [0.3, 0.4) is 0 Å². The van der Waals surface area contributed by atoms with Crippen molar-refractivity contribution in [2.45, 2.75) is 84.5 Å². The second-order valence-electron chi connectivity index (χ2n) is 8.74. The van der Waals surface area contributed by atoms with Crippen LogP contribution in [0.1, 0.15) is 77.7 Å². The van der Waals surface area contributed by atoms with Gasteiger partial charge in [0, 0.05) is 29.6 Å². The van der Waals surface area contributed by atoms with E-state index in [0.29, 0.717) is 6.61 Å². The fourth-order valence-corrected chi connectivity index (χ4v) is 3.66. The molecule has 3 N–H and O–H groups in total. The Morgan fingerprint density at radius 2 is 1.87 bits per heavy atom. The van der Waals surface area contributed by atoms with E-state index in [1.165, 1.54) is 0 Å². The van der Waals surface area contributed by atoms with E-state index in [1.54, 1.807) is 20.8 Å². The zero-order chi connectivity index (χ0) is 23.0. The second kappa shape index (κ2) is 11.2. The minimum absolute atomic E-state index is 0.130. The summed E-state index contributed by atoms with van der Waals surface area (Å²) in [5.41, 5.74) is 1.96. The summed E-state index contributed by atoms with van der Waals surface area (Å²) < 4.78 is 11.3. The molecule has 0 bridgehead atoms. The van der Waals surface area contributed by atoms with Crippen LogP contribution in [0, 0.1) is 0 Å². The predicted molar refractivity (Wildman–Crippen MR) is 121 cm³/mol. The lowest BCUT2D eigenvalue weighted by atomic mass is 9.97. The largest absolute Gasteiger partial charge is 0.480 e. The maximum Gasteiger partial charge on any atom is 0.408 e. The highest BCUT2D eigenvalue weighted by Crippen LogP contribution is 2.32. The minimum Gasteiger partial charge on any atom is -0.480 e. The first kappa shape index (κ1) is 24.7. The van der Waals surface area contributed by atoms with Gasteiger partial charge in [0.2, 0.25) is 0 Å². The number of carboxylic acids is 1. The van der Waals surface area contributed by atoms with E-state index < -0.39 is 23.7 Å². The van der Waals surface area contributed by atoms with Crippen molar-refractivity contribution < 1.29 is 24.2 Å². The average molecular weight is 433 g/mol. The number of carbonyl (C=O) groups excluding carboxylic acids is 1. The summed E-state index contributed by atoms with van der Waals surface area (Å²) >= 11 is 0. The number of hydrogen-bond donors (Lipinski definition) is 3. The van der Waals surface area contributed by atoms with Gasteiger partial charge in [0.25, 0.3) is 0 Å². The summed E-state index contributed by atoms with van der Waals surface area (Å²) in [6.07, 6.45) is 3.31. The molecule has 0 aliphatic heterocycles. The van der Waals surface area contributed by atoms with E-state index in [2.05, 4.69) is 17.2 Å². The third kappa shape index (κ3) is 7.28. The molecule has 172 valence electrons. The quantitative estimate of drug-likeness (QED) is 0.416. The lowest BCUT2D eigenvalue weighted by molar-refractivity contribution is -0.139. The van der Waals surface area contributed by atoms with Crippen molar-refractivity contribution in [2.24, 2.45) is 0 Å². The van der Waals surface area contributed by atoms with E-state index in [1.807, 2.05) is 31.2 Å². The van der Waals surface area contributed by atoms with Crippen LogP contribution in [-0.4, -0.2) is 40.4 Å². The van der Waals surface area contributed by atoms with Gasteiger partial charge in [0.15, 0.2) is 0 Å². The molecule has 2 rings (SSSR count). The molecule has 0 fully saturated rings. The molecule has 31 heavy (non-hydrogen) atoms. The number of nitrogens with one attached hydrogen (secondary N) is 2. The normalized spacial score (nSPS) is 13.7. The fourth-order valence-electron chi connectivity index (χ4n) is 3.66. The Morgan fingerprint density at radius 1 is 1.16 bits per heavy atom. The molecule has 2 atom stereocenters. The number of carbonyl (C=O) groups is 2. The Kier molecular flexibility index (Phi) is 8.92. The summed E-state index contributed by atoms with van der Waals surface area (Å²) in [6, 6.07) is 6.67. The van der Waals surface area contributed by atoms with Crippen LogP contribution in [-0.2, 0) is 20.7 Å². The molecule has 0 spiro atoms. The minimum atomic E-state index is -1.12. The lowest BCUT2D eigenvalue weighted by Gasteiger charge is -2.23. The first-order chi connectivity index (χ1) is 14.7. The third-order valence-electron chi connectivity index (χ3n) is 5.00. The smallest absolute Gasteiger partial charge is 0.408 e. The van der Waals surface area contributed by atoms with Crippen LogP contribution in [0.25, 0.3) is 10.9 Å². The molecule has 0 saturated heterocycles. The Bertz CT molecular complexity index is 868. The summed E-state index contributed by atoms with van der Waals surface area (Å²) in [7, 11) is 0. The number of para-hydroxylation sites is 1. The number of benzene rings is 1. The van der Waals surface area contributed by atoms with Crippen LogP contribution in [0.4, 0.5) is 4.79 Å². The van der Waals surface area contributed by atoms with Crippen LogP contribution in [0.15, 0.2) is 24.3 Å². The molecule has 1 amide bonds. The average Bonchev–Trinajstić information content (AvgIpc) is 3.04. The van der Waals surface area contributed by atoms with Gasteiger partial charge < -0.3 is 24.9 Å². The Morgan fingerprint density at radius 3 is 2.48 bits per heavy atom. The maximum absolute atomic E-state index is 12.2. The topological polar surface area (TPSA) is 101 Å². The Labute approximate surface area is 184 Å². The highest BCUT2D eigenvalue weighted by atomic mass is 16.6. The number of aromatic amines is 1. The molecule has 7 nitrogen and oxygen atoms in total. The number of alkyl carbamates (subject to hydrolysis) is 1. The van der Waals surface area contributed by atoms with Crippen LogP contribution < -0.4 is 5.32 Å².